The summed E-state index contributed by atoms with van der Waals surface area (Å²) in [6.07, 6.45) is 4.21. The van der Waals surface area contributed by atoms with E-state index < -0.39 is 0 Å². The molecule has 1 saturated heterocycles. The zero-order chi connectivity index (χ0) is 15.6. The van der Waals surface area contributed by atoms with Crippen LogP contribution in [0.4, 0.5) is 0 Å². The fraction of sp³-hybridized carbons (Fsp3) is 0.588. The van der Waals surface area contributed by atoms with E-state index in [0.717, 1.165) is 37.2 Å². The van der Waals surface area contributed by atoms with Gasteiger partial charge in [0, 0.05) is 13.2 Å². The number of para-hydroxylation sites is 1. The second-order valence-electron chi connectivity index (χ2n) is 5.42. The van der Waals surface area contributed by atoms with Gasteiger partial charge in [-0.1, -0.05) is 18.2 Å². The predicted molar refractivity (Wildman–Crippen MR) is 84.1 cm³/mol. The summed E-state index contributed by atoms with van der Waals surface area (Å²) in [7, 11) is 1.65. The van der Waals surface area contributed by atoms with Gasteiger partial charge in [-0.3, -0.25) is 4.79 Å². The van der Waals surface area contributed by atoms with Crippen molar-refractivity contribution in [1.29, 1.82) is 0 Å². The van der Waals surface area contributed by atoms with Crippen LogP contribution >= 0.6 is 0 Å². The summed E-state index contributed by atoms with van der Waals surface area (Å²) < 4.78 is 16.3. The summed E-state index contributed by atoms with van der Waals surface area (Å²) in [5, 5.41) is 2.86. The van der Waals surface area contributed by atoms with Gasteiger partial charge in [0.15, 0.2) is 0 Å². The predicted octanol–water partition coefficient (Wildman–Crippen LogP) is 1.94. The lowest BCUT2D eigenvalue weighted by molar-refractivity contribution is -0.127. The molecule has 2 rings (SSSR count). The molecular weight excluding hydrogens is 282 g/mol. The fourth-order valence-corrected chi connectivity index (χ4v) is 2.52. The van der Waals surface area contributed by atoms with E-state index in [1.54, 1.807) is 7.11 Å². The molecule has 1 amide bonds. The number of methoxy groups -OCH3 is 1. The molecule has 1 aromatic rings. The third kappa shape index (κ3) is 5.66. The second-order valence-corrected chi connectivity index (χ2v) is 5.42. The van der Waals surface area contributed by atoms with Gasteiger partial charge in [0.1, 0.15) is 12.4 Å². The number of amides is 1. The van der Waals surface area contributed by atoms with Crippen molar-refractivity contribution in [1.82, 2.24) is 5.32 Å². The highest BCUT2D eigenvalue weighted by molar-refractivity contribution is 5.77. The Bertz CT molecular complexity index is 458. The number of carbonyl (C=O) groups is 1. The summed E-state index contributed by atoms with van der Waals surface area (Å²) in [5.74, 6) is 0.758. The monoisotopic (exact) mass is 307 g/mol. The SMILES string of the molecule is COc1ccccc1CCNC(=O)COC[C@@H]1CCCCO1. The number of rotatable bonds is 8. The summed E-state index contributed by atoms with van der Waals surface area (Å²) >= 11 is 0. The quantitative estimate of drug-likeness (QED) is 0.797. The van der Waals surface area contributed by atoms with E-state index in [1.807, 2.05) is 24.3 Å². The Kier molecular flexibility index (Phi) is 7.19. The molecule has 5 heteroatoms. The Labute approximate surface area is 131 Å². The molecule has 0 bridgehead atoms. The van der Waals surface area contributed by atoms with E-state index in [-0.39, 0.29) is 18.6 Å². The van der Waals surface area contributed by atoms with Crippen LogP contribution in [0.3, 0.4) is 0 Å². The molecule has 5 nitrogen and oxygen atoms in total. The van der Waals surface area contributed by atoms with Crippen molar-refractivity contribution in [2.24, 2.45) is 0 Å². The van der Waals surface area contributed by atoms with E-state index in [0.29, 0.717) is 13.2 Å². The third-order valence-electron chi connectivity index (χ3n) is 3.72. The molecular formula is C17H25NO4. The number of hydrogen-bond donors (Lipinski definition) is 1. The average molecular weight is 307 g/mol. The minimum absolute atomic E-state index is 0.0891. The van der Waals surface area contributed by atoms with Crippen molar-refractivity contribution in [2.75, 3.05) is 33.5 Å². The minimum Gasteiger partial charge on any atom is -0.496 e. The Morgan fingerprint density at radius 1 is 1.36 bits per heavy atom. The molecule has 1 aromatic carbocycles. The lowest BCUT2D eigenvalue weighted by atomic mass is 10.1. The summed E-state index contributed by atoms with van der Waals surface area (Å²) in [6.45, 7) is 1.97. The first-order valence-corrected chi connectivity index (χ1v) is 7.87. The van der Waals surface area contributed by atoms with Crippen LogP contribution < -0.4 is 10.1 Å². The van der Waals surface area contributed by atoms with E-state index in [9.17, 15) is 4.79 Å². The number of hydrogen-bond acceptors (Lipinski definition) is 4. The number of carbonyl (C=O) groups excluding carboxylic acids is 1. The molecule has 0 spiro atoms. The lowest BCUT2D eigenvalue weighted by Crippen LogP contribution is -2.32. The molecule has 1 fully saturated rings. The van der Waals surface area contributed by atoms with Gasteiger partial charge in [-0.25, -0.2) is 0 Å². The van der Waals surface area contributed by atoms with Crippen LogP contribution in [0.5, 0.6) is 5.75 Å². The molecule has 1 N–H and O–H groups in total. The molecule has 0 aliphatic carbocycles. The van der Waals surface area contributed by atoms with Gasteiger partial charge in [0.05, 0.1) is 19.8 Å². The van der Waals surface area contributed by atoms with Gasteiger partial charge in [0.25, 0.3) is 0 Å². The van der Waals surface area contributed by atoms with E-state index in [1.165, 1.54) is 6.42 Å². The standard InChI is InChI=1S/C17H25NO4/c1-20-16-8-3-2-6-14(16)9-10-18-17(19)13-21-12-15-7-4-5-11-22-15/h2-3,6,8,15H,4-5,7,9-13H2,1H3,(H,18,19)/t15-/m0/s1. The Morgan fingerprint density at radius 2 is 2.23 bits per heavy atom. The van der Waals surface area contributed by atoms with Gasteiger partial charge in [-0.05, 0) is 37.3 Å². The van der Waals surface area contributed by atoms with Gasteiger partial charge in [0.2, 0.25) is 5.91 Å². The van der Waals surface area contributed by atoms with Crippen LogP contribution in [0.15, 0.2) is 24.3 Å². The maximum Gasteiger partial charge on any atom is 0.246 e. The maximum atomic E-state index is 11.7. The fourth-order valence-electron chi connectivity index (χ4n) is 2.52. The molecule has 1 aliphatic rings. The number of ether oxygens (including phenoxy) is 3. The van der Waals surface area contributed by atoms with Gasteiger partial charge in [-0.2, -0.15) is 0 Å². The van der Waals surface area contributed by atoms with Crippen molar-refractivity contribution in [3.05, 3.63) is 29.8 Å². The molecule has 22 heavy (non-hydrogen) atoms. The lowest BCUT2D eigenvalue weighted by Gasteiger charge is -2.22. The topological polar surface area (TPSA) is 56.8 Å². The Balaban J connectivity index is 1.59. The normalized spacial score (nSPS) is 18.0. The molecule has 1 aliphatic heterocycles. The zero-order valence-electron chi connectivity index (χ0n) is 13.2. The highest BCUT2D eigenvalue weighted by atomic mass is 16.5. The van der Waals surface area contributed by atoms with Gasteiger partial charge in [-0.15, -0.1) is 0 Å². The molecule has 122 valence electrons. The molecule has 0 unspecified atom stereocenters. The first kappa shape index (κ1) is 16.8. The van der Waals surface area contributed by atoms with Gasteiger partial charge >= 0.3 is 0 Å². The largest absolute Gasteiger partial charge is 0.496 e. The van der Waals surface area contributed by atoms with Crippen LogP contribution in [0.1, 0.15) is 24.8 Å². The van der Waals surface area contributed by atoms with Gasteiger partial charge < -0.3 is 19.5 Å². The summed E-state index contributed by atoms with van der Waals surface area (Å²) in [5.41, 5.74) is 1.09. The van der Waals surface area contributed by atoms with Crippen molar-refractivity contribution in [3.8, 4) is 5.75 Å². The molecule has 0 saturated carbocycles. The highest BCUT2D eigenvalue weighted by Gasteiger charge is 2.14. The van der Waals surface area contributed by atoms with Crippen LogP contribution in [0.2, 0.25) is 0 Å². The first-order chi connectivity index (χ1) is 10.8. The highest BCUT2D eigenvalue weighted by Crippen LogP contribution is 2.17. The van der Waals surface area contributed by atoms with Crippen LogP contribution in [-0.2, 0) is 20.7 Å². The van der Waals surface area contributed by atoms with Crippen molar-refractivity contribution < 1.29 is 19.0 Å². The summed E-state index contributed by atoms with van der Waals surface area (Å²) in [4.78, 5) is 11.7. The molecule has 1 atom stereocenters. The average Bonchev–Trinajstić information content (AvgIpc) is 2.56. The number of benzene rings is 1. The van der Waals surface area contributed by atoms with Crippen LogP contribution in [-0.4, -0.2) is 45.5 Å². The van der Waals surface area contributed by atoms with E-state index in [4.69, 9.17) is 14.2 Å². The maximum absolute atomic E-state index is 11.7. The summed E-state index contributed by atoms with van der Waals surface area (Å²) in [6, 6.07) is 7.82. The Morgan fingerprint density at radius 3 is 3.00 bits per heavy atom. The zero-order valence-corrected chi connectivity index (χ0v) is 13.2. The first-order valence-electron chi connectivity index (χ1n) is 7.87. The second kappa shape index (κ2) is 9.43. The third-order valence-corrected chi connectivity index (χ3v) is 3.72. The minimum atomic E-state index is -0.0919. The van der Waals surface area contributed by atoms with E-state index in [2.05, 4.69) is 5.32 Å². The smallest absolute Gasteiger partial charge is 0.246 e. The molecule has 0 radical (unpaired) electrons. The van der Waals surface area contributed by atoms with Crippen LogP contribution in [0, 0.1) is 0 Å². The molecule has 0 aromatic heterocycles. The molecule has 1 heterocycles. The Hall–Kier alpha value is -1.59. The van der Waals surface area contributed by atoms with Crippen molar-refractivity contribution >= 4 is 5.91 Å². The van der Waals surface area contributed by atoms with Crippen molar-refractivity contribution in [3.63, 3.8) is 0 Å². The van der Waals surface area contributed by atoms with Crippen LogP contribution in [0.25, 0.3) is 0 Å². The van der Waals surface area contributed by atoms with E-state index >= 15 is 0 Å². The van der Waals surface area contributed by atoms with Crippen molar-refractivity contribution in [2.45, 2.75) is 31.8 Å². The number of nitrogens with one attached hydrogen (secondary N) is 1.